The molecule has 3 heteroatoms. The smallest absolute Gasteiger partial charge is 0.255 e. The highest BCUT2D eigenvalue weighted by molar-refractivity contribution is 5.62. The second-order valence-electron chi connectivity index (χ2n) is 4.80. The van der Waals surface area contributed by atoms with E-state index in [0.29, 0.717) is 11.3 Å². The van der Waals surface area contributed by atoms with E-state index in [2.05, 4.69) is 0 Å². The summed E-state index contributed by atoms with van der Waals surface area (Å²) in [7, 11) is 0. The zero-order valence-electron chi connectivity index (χ0n) is 11.4. The number of hydrogen-bond donors (Lipinski definition) is 0. The van der Waals surface area contributed by atoms with Gasteiger partial charge in [0.05, 0.1) is 0 Å². The molecule has 0 fully saturated rings. The fourth-order valence-electron chi connectivity index (χ4n) is 2.28. The molecule has 0 spiro atoms. The van der Waals surface area contributed by atoms with E-state index >= 15 is 0 Å². The Kier molecular flexibility index (Phi) is 3.65. The molecule has 2 aromatic carbocycles. The first-order valence-electron chi connectivity index (χ1n) is 6.71. The fraction of sp³-hybridized carbons (Fsp3) is 0.0556. The SMILES string of the molecule is O=c1ccc(-c2ccccc2)cn1-c1cccc(CF)c1. The molecule has 0 aliphatic heterocycles. The Labute approximate surface area is 122 Å². The van der Waals surface area contributed by atoms with Crippen LogP contribution in [0.5, 0.6) is 0 Å². The topological polar surface area (TPSA) is 22.0 Å². The number of pyridine rings is 1. The molecule has 0 bridgehead atoms. The second kappa shape index (κ2) is 5.75. The van der Waals surface area contributed by atoms with Gasteiger partial charge in [0.2, 0.25) is 0 Å². The molecular formula is C18H14FNO. The van der Waals surface area contributed by atoms with Gasteiger partial charge in [0, 0.05) is 18.0 Å². The zero-order valence-corrected chi connectivity index (χ0v) is 11.4. The number of benzene rings is 2. The maximum absolute atomic E-state index is 12.8. The van der Waals surface area contributed by atoms with Crippen LogP contribution < -0.4 is 5.56 Å². The lowest BCUT2D eigenvalue weighted by Crippen LogP contribution is -2.16. The van der Waals surface area contributed by atoms with Gasteiger partial charge in [0.1, 0.15) is 6.67 Å². The highest BCUT2D eigenvalue weighted by Crippen LogP contribution is 2.19. The van der Waals surface area contributed by atoms with Gasteiger partial charge in [-0.3, -0.25) is 9.36 Å². The van der Waals surface area contributed by atoms with Crippen LogP contribution in [-0.2, 0) is 6.67 Å². The van der Waals surface area contributed by atoms with Crippen molar-refractivity contribution < 1.29 is 4.39 Å². The van der Waals surface area contributed by atoms with Crippen LogP contribution in [0.4, 0.5) is 4.39 Å². The summed E-state index contributed by atoms with van der Waals surface area (Å²) >= 11 is 0. The van der Waals surface area contributed by atoms with Gasteiger partial charge < -0.3 is 0 Å². The predicted molar refractivity (Wildman–Crippen MR) is 82.3 cm³/mol. The summed E-state index contributed by atoms with van der Waals surface area (Å²) in [5.74, 6) is 0. The lowest BCUT2D eigenvalue weighted by molar-refractivity contribution is 0.485. The Bertz CT molecular complexity index is 809. The van der Waals surface area contributed by atoms with E-state index in [1.54, 1.807) is 41.1 Å². The van der Waals surface area contributed by atoms with Crippen molar-refractivity contribution in [1.29, 1.82) is 0 Å². The van der Waals surface area contributed by atoms with Crippen LogP contribution in [-0.4, -0.2) is 4.57 Å². The van der Waals surface area contributed by atoms with Gasteiger partial charge in [-0.15, -0.1) is 0 Å². The lowest BCUT2D eigenvalue weighted by Gasteiger charge is -2.09. The number of halogens is 1. The maximum atomic E-state index is 12.8. The average Bonchev–Trinajstić information content (AvgIpc) is 2.56. The molecule has 2 nitrogen and oxygen atoms in total. The summed E-state index contributed by atoms with van der Waals surface area (Å²) in [6, 6.07) is 20.1. The van der Waals surface area contributed by atoms with E-state index in [-0.39, 0.29) is 5.56 Å². The maximum Gasteiger partial charge on any atom is 0.255 e. The molecule has 3 rings (SSSR count). The molecule has 104 valence electrons. The molecular weight excluding hydrogens is 265 g/mol. The number of nitrogens with zero attached hydrogens (tertiary/aromatic N) is 1. The van der Waals surface area contributed by atoms with Gasteiger partial charge in [-0.05, 0) is 34.9 Å². The van der Waals surface area contributed by atoms with Crippen LogP contribution in [0.25, 0.3) is 16.8 Å². The number of aromatic nitrogens is 1. The van der Waals surface area contributed by atoms with Crippen molar-refractivity contribution in [3.05, 3.63) is 88.8 Å². The minimum atomic E-state index is -0.541. The second-order valence-corrected chi connectivity index (χ2v) is 4.80. The average molecular weight is 279 g/mol. The Morgan fingerprint density at radius 3 is 2.43 bits per heavy atom. The summed E-state index contributed by atoms with van der Waals surface area (Å²) in [5.41, 5.74) is 3.08. The van der Waals surface area contributed by atoms with Crippen molar-refractivity contribution in [1.82, 2.24) is 4.57 Å². The first kappa shape index (κ1) is 13.3. The van der Waals surface area contributed by atoms with Crippen molar-refractivity contribution in [2.45, 2.75) is 6.67 Å². The van der Waals surface area contributed by atoms with Gasteiger partial charge in [-0.2, -0.15) is 0 Å². The Hall–Kier alpha value is -2.68. The summed E-state index contributed by atoms with van der Waals surface area (Å²) in [6.45, 7) is -0.541. The van der Waals surface area contributed by atoms with Crippen LogP contribution >= 0.6 is 0 Å². The van der Waals surface area contributed by atoms with Crippen LogP contribution in [0, 0.1) is 0 Å². The zero-order chi connectivity index (χ0) is 14.7. The monoisotopic (exact) mass is 279 g/mol. The van der Waals surface area contributed by atoms with E-state index in [0.717, 1.165) is 11.1 Å². The third kappa shape index (κ3) is 2.77. The summed E-state index contributed by atoms with van der Waals surface area (Å²) < 4.78 is 14.3. The third-order valence-corrected chi connectivity index (χ3v) is 3.36. The Morgan fingerprint density at radius 2 is 1.67 bits per heavy atom. The quantitative estimate of drug-likeness (QED) is 0.711. The molecule has 0 saturated heterocycles. The molecule has 0 atom stereocenters. The van der Waals surface area contributed by atoms with Crippen LogP contribution in [0.15, 0.2) is 77.7 Å². The van der Waals surface area contributed by atoms with E-state index in [1.165, 1.54) is 6.07 Å². The van der Waals surface area contributed by atoms with E-state index < -0.39 is 6.67 Å². The molecule has 0 unspecified atom stereocenters. The minimum absolute atomic E-state index is 0.134. The molecule has 0 radical (unpaired) electrons. The molecule has 0 saturated carbocycles. The van der Waals surface area contributed by atoms with Crippen molar-refractivity contribution in [2.75, 3.05) is 0 Å². The van der Waals surface area contributed by atoms with Crippen molar-refractivity contribution >= 4 is 0 Å². The molecule has 1 heterocycles. The Balaban J connectivity index is 2.12. The molecule has 0 amide bonds. The summed E-state index contributed by atoms with van der Waals surface area (Å²) in [6.07, 6.45) is 1.79. The molecule has 0 aliphatic rings. The van der Waals surface area contributed by atoms with Crippen LogP contribution in [0.1, 0.15) is 5.56 Å². The van der Waals surface area contributed by atoms with Crippen LogP contribution in [0.2, 0.25) is 0 Å². The number of alkyl halides is 1. The number of rotatable bonds is 3. The molecule has 3 aromatic rings. The van der Waals surface area contributed by atoms with Gasteiger partial charge in [0.15, 0.2) is 0 Å². The lowest BCUT2D eigenvalue weighted by atomic mass is 10.1. The van der Waals surface area contributed by atoms with E-state index in [4.69, 9.17) is 0 Å². The van der Waals surface area contributed by atoms with Gasteiger partial charge >= 0.3 is 0 Å². The van der Waals surface area contributed by atoms with Crippen molar-refractivity contribution in [2.24, 2.45) is 0 Å². The Morgan fingerprint density at radius 1 is 0.857 bits per heavy atom. The third-order valence-electron chi connectivity index (χ3n) is 3.36. The summed E-state index contributed by atoms with van der Waals surface area (Å²) in [5, 5.41) is 0. The fourth-order valence-corrected chi connectivity index (χ4v) is 2.28. The molecule has 21 heavy (non-hydrogen) atoms. The first-order valence-corrected chi connectivity index (χ1v) is 6.71. The minimum Gasteiger partial charge on any atom is -0.284 e. The highest BCUT2D eigenvalue weighted by Gasteiger charge is 2.04. The normalized spacial score (nSPS) is 10.5. The van der Waals surface area contributed by atoms with Crippen molar-refractivity contribution in [3.63, 3.8) is 0 Å². The largest absolute Gasteiger partial charge is 0.284 e. The highest BCUT2D eigenvalue weighted by atomic mass is 19.1. The van der Waals surface area contributed by atoms with Gasteiger partial charge in [0.25, 0.3) is 5.56 Å². The number of hydrogen-bond acceptors (Lipinski definition) is 1. The molecule has 0 aliphatic carbocycles. The predicted octanol–water partition coefficient (Wildman–Crippen LogP) is 3.97. The van der Waals surface area contributed by atoms with Crippen molar-refractivity contribution in [3.8, 4) is 16.8 Å². The van der Waals surface area contributed by atoms with Gasteiger partial charge in [-0.1, -0.05) is 42.5 Å². The van der Waals surface area contributed by atoms with Gasteiger partial charge in [-0.25, -0.2) is 4.39 Å². The molecule has 0 N–H and O–H groups in total. The van der Waals surface area contributed by atoms with E-state index in [9.17, 15) is 9.18 Å². The standard InChI is InChI=1S/C18H14FNO/c19-12-14-5-4-8-17(11-14)20-13-16(9-10-18(20)21)15-6-2-1-3-7-15/h1-11,13H,12H2. The summed E-state index contributed by atoms with van der Waals surface area (Å²) in [4.78, 5) is 12.1. The first-order chi connectivity index (χ1) is 10.3. The van der Waals surface area contributed by atoms with Crippen LogP contribution in [0.3, 0.4) is 0 Å². The van der Waals surface area contributed by atoms with E-state index in [1.807, 2.05) is 30.3 Å². The molecule has 1 aromatic heterocycles.